The highest BCUT2D eigenvalue weighted by atomic mass is 16.5. The molecule has 2 aromatic carbocycles. The number of anilines is 1. The van der Waals surface area contributed by atoms with Gasteiger partial charge in [0.1, 0.15) is 6.04 Å². The number of fused-ring (bicyclic) bond motifs is 1. The number of benzene rings is 2. The number of rotatable bonds is 8. The van der Waals surface area contributed by atoms with Crippen LogP contribution in [0.3, 0.4) is 0 Å². The monoisotopic (exact) mass is 371 g/mol. The Balaban J connectivity index is 1.50. The van der Waals surface area contributed by atoms with Crippen LogP contribution in [0, 0.1) is 0 Å². The van der Waals surface area contributed by atoms with Crippen molar-refractivity contribution in [2.24, 2.45) is 0 Å². The zero-order valence-electron chi connectivity index (χ0n) is 15.2. The number of hydrogen-bond donors (Lipinski definition) is 3. The van der Waals surface area contributed by atoms with Gasteiger partial charge in [-0.05, 0) is 22.9 Å². The van der Waals surface area contributed by atoms with Crippen molar-refractivity contribution >= 4 is 28.3 Å². The molecule has 1 fully saturated rings. The summed E-state index contributed by atoms with van der Waals surface area (Å²) in [7, 11) is 0. The van der Waals surface area contributed by atoms with Gasteiger partial charge in [0.05, 0.1) is 19.6 Å². The summed E-state index contributed by atoms with van der Waals surface area (Å²) in [5.41, 5.74) is 0.663. The third-order valence-corrected chi connectivity index (χ3v) is 4.64. The minimum Gasteiger partial charge on any atom is -0.480 e. The number of amides is 1. The average molecular weight is 371 g/mol. The molecule has 1 amide bonds. The topological polar surface area (TPSA) is 90.9 Å². The number of carboxylic acid groups (broad SMARTS) is 1. The number of carboxylic acids is 1. The molecule has 0 spiro atoms. The largest absolute Gasteiger partial charge is 0.480 e. The summed E-state index contributed by atoms with van der Waals surface area (Å²) < 4.78 is 5.29. The average Bonchev–Trinajstić information content (AvgIpc) is 2.68. The van der Waals surface area contributed by atoms with E-state index in [4.69, 9.17) is 4.74 Å². The number of carbonyl (C=O) groups is 2. The van der Waals surface area contributed by atoms with Gasteiger partial charge in [0.25, 0.3) is 0 Å². The van der Waals surface area contributed by atoms with Gasteiger partial charge in [-0.15, -0.1) is 0 Å². The van der Waals surface area contributed by atoms with Gasteiger partial charge in [-0.25, -0.2) is 0 Å². The highest BCUT2D eigenvalue weighted by Crippen LogP contribution is 2.19. The van der Waals surface area contributed by atoms with Crippen LogP contribution in [-0.2, 0) is 14.3 Å². The Labute approximate surface area is 158 Å². The number of hydrogen-bond acceptors (Lipinski definition) is 5. The fourth-order valence-corrected chi connectivity index (χ4v) is 3.13. The molecule has 0 saturated carbocycles. The van der Waals surface area contributed by atoms with Crippen LogP contribution in [0.1, 0.15) is 6.42 Å². The fourth-order valence-electron chi connectivity index (χ4n) is 3.13. The highest BCUT2D eigenvalue weighted by molar-refractivity contribution is 5.96. The quantitative estimate of drug-likeness (QED) is 0.652. The summed E-state index contributed by atoms with van der Waals surface area (Å²) in [5.74, 6) is -1.35. The van der Waals surface area contributed by atoms with Crippen molar-refractivity contribution in [1.29, 1.82) is 0 Å². The maximum absolute atomic E-state index is 12.3. The van der Waals surface area contributed by atoms with Crippen LogP contribution in [0.4, 0.5) is 5.69 Å². The maximum atomic E-state index is 12.3. The van der Waals surface area contributed by atoms with Crippen molar-refractivity contribution in [3.63, 3.8) is 0 Å². The van der Waals surface area contributed by atoms with E-state index in [1.165, 1.54) is 0 Å². The molecule has 1 aliphatic heterocycles. The molecule has 0 bridgehead atoms. The maximum Gasteiger partial charge on any atom is 0.321 e. The van der Waals surface area contributed by atoms with Gasteiger partial charge in [-0.2, -0.15) is 0 Å². The first-order chi connectivity index (χ1) is 13.1. The predicted octanol–water partition coefficient (Wildman–Crippen LogP) is 1.54. The Morgan fingerprint density at radius 1 is 1.11 bits per heavy atom. The molecule has 1 heterocycles. The van der Waals surface area contributed by atoms with Gasteiger partial charge in [-0.1, -0.05) is 30.3 Å². The summed E-state index contributed by atoms with van der Waals surface area (Å²) >= 11 is 0. The number of nitrogens with zero attached hydrogens (tertiary/aromatic N) is 1. The fraction of sp³-hybridized carbons (Fsp3) is 0.400. The molecule has 3 N–H and O–H groups in total. The molecule has 144 valence electrons. The van der Waals surface area contributed by atoms with Gasteiger partial charge >= 0.3 is 5.97 Å². The molecular formula is C20H25N3O4. The zero-order chi connectivity index (χ0) is 19.1. The van der Waals surface area contributed by atoms with Crippen molar-refractivity contribution in [2.45, 2.75) is 12.5 Å². The van der Waals surface area contributed by atoms with Crippen LogP contribution < -0.4 is 10.6 Å². The van der Waals surface area contributed by atoms with Gasteiger partial charge < -0.3 is 20.5 Å². The Bertz CT molecular complexity index is 790. The minimum absolute atomic E-state index is 0.120. The normalized spacial score (nSPS) is 16.1. The number of nitrogens with one attached hydrogen (secondary N) is 2. The van der Waals surface area contributed by atoms with E-state index in [9.17, 15) is 14.7 Å². The lowest BCUT2D eigenvalue weighted by Gasteiger charge is -2.27. The number of carbonyl (C=O) groups excluding carboxylic acids is 1. The van der Waals surface area contributed by atoms with Crippen molar-refractivity contribution in [3.8, 4) is 0 Å². The Kier molecular flexibility index (Phi) is 6.75. The second-order valence-corrected chi connectivity index (χ2v) is 6.61. The van der Waals surface area contributed by atoms with Crippen LogP contribution in [0.5, 0.6) is 0 Å². The van der Waals surface area contributed by atoms with E-state index in [-0.39, 0.29) is 12.3 Å². The highest BCUT2D eigenvalue weighted by Gasteiger charge is 2.21. The zero-order valence-corrected chi connectivity index (χ0v) is 15.2. The molecule has 1 saturated heterocycles. The van der Waals surface area contributed by atoms with E-state index < -0.39 is 12.0 Å². The molecule has 1 unspecified atom stereocenters. The van der Waals surface area contributed by atoms with Crippen LogP contribution in [0.2, 0.25) is 0 Å². The number of ether oxygens (including phenoxy) is 1. The summed E-state index contributed by atoms with van der Waals surface area (Å²) in [6.45, 7) is 4.36. The van der Waals surface area contributed by atoms with Crippen molar-refractivity contribution in [2.75, 3.05) is 44.7 Å². The van der Waals surface area contributed by atoms with Crippen molar-refractivity contribution < 1.29 is 19.4 Å². The number of morpholine rings is 1. The minimum atomic E-state index is -1.02. The van der Waals surface area contributed by atoms with Gasteiger partial charge in [0.2, 0.25) is 5.91 Å². The van der Waals surface area contributed by atoms with Crippen molar-refractivity contribution in [3.05, 3.63) is 42.5 Å². The lowest BCUT2D eigenvalue weighted by atomic mass is 10.1. The summed E-state index contributed by atoms with van der Waals surface area (Å²) in [6.07, 6.45) is -0.120. The molecule has 3 rings (SSSR count). The van der Waals surface area contributed by atoms with Crippen molar-refractivity contribution in [1.82, 2.24) is 10.2 Å². The van der Waals surface area contributed by atoms with E-state index >= 15 is 0 Å². The molecule has 2 aromatic rings. The Morgan fingerprint density at radius 2 is 1.85 bits per heavy atom. The molecular weight excluding hydrogens is 346 g/mol. The molecule has 0 radical (unpaired) electrons. The Morgan fingerprint density at radius 3 is 2.59 bits per heavy atom. The SMILES string of the molecule is O=C(CC(NCCN1CCOCC1)C(=O)O)Nc1ccc2ccccc2c1. The summed E-state index contributed by atoms with van der Waals surface area (Å²) in [4.78, 5) is 26.0. The first-order valence-corrected chi connectivity index (χ1v) is 9.17. The molecule has 7 heteroatoms. The summed E-state index contributed by atoms with van der Waals surface area (Å²) in [6, 6.07) is 12.6. The second kappa shape index (κ2) is 9.45. The van der Waals surface area contributed by atoms with Crippen LogP contribution in [0.25, 0.3) is 10.8 Å². The molecule has 1 aliphatic rings. The molecule has 0 aliphatic carbocycles. The van der Waals surface area contributed by atoms with E-state index in [0.717, 1.165) is 30.4 Å². The van der Waals surface area contributed by atoms with Crippen LogP contribution in [-0.4, -0.2) is 67.3 Å². The lowest BCUT2D eigenvalue weighted by Crippen LogP contribution is -2.45. The molecule has 1 atom stereocenters. The van der Waals surface area contributed by atoms with E-state index in [2.05, 4.69) is 15.5 Å². The molecule has 27 heavy (non-hydrogen) atoms. The first-order valence-electron chi connectivity index (χ1n) is 9.17. The third-order valence-electron chi connectivity index (χ3n) is 4.64. The summed E-state index contributed by atoms with van der Waals surface area (Å²) in [5, 5.41) is 17.3. The third kappa shape index (κ3) is 5.75. The van der Waals surface area contributed by atoms with Crippen LogP contribution >= 0.6 is 0 Å². The molecule has 0 aromatic heterocycles. The molecule has 7 nitrogen and oxygen atoms in total. The standard InChI is InChI=1S/C20H25N3O4/c24-19(22-17-6-5-15-3-1-2-4-16(15)13-17)14-18(20(25)26)21-7-8-23-9-11-27-12-10-23/h1-6,13,18,21H,7-12,14H2,(H,22,24)(H,25,26). The Hall–Kier alpha value is -2.48. The first kappa shape index (κ1) is 19.3. The predicted molar refractivity (Wildman–Crippen MR) is 104 cm³/mol. The van der Waals surface area contributed by atoms with E-state index in [1.54, 1.807) is 0 Å². The number of aliphatic carboxylic acids is 1. The lowest BCUT2D eigenvalue weighted by molar-refractivity contribution is -0.141. The van der Waals surface area contributed by atoms with E-state index in [0.29, 0.717) is 25.4 Å². The second-order valence-electron chi connectivity index (χ2n) is 6.61. The van der Waals surface area contributed by atoms with E-state index in [1.807, 2.05) is 42.5 Å². The van der Waals surface area contributed by atoms with Crippen LogP contribution in [0.15, 0.2) is 42.5 Å². The smallest absolute Gasteiger partial charge is 0.321 e. The van der Waals surface area contributed by atoms with Gasteiger partial charge in [0, 0.05) is 31.9 Å². The van der Waals surface area contributed by atoms with Gasteiger partial charge in [0.15, 0.2) is 0 Å². The van der Waals surface area contributed by atoms with Gasteiger partial charge in [-0.3, -0.25) is 14.5 Å².